The number of carboxylic acid groups (broad SMARTS) is 1. The molecule has 4 rings (SSSR count). The molecule has 6 heteroatoms. The molecular formula is C28H35FN2O3. The number of likely N-dealkylation sites (tertiary alicyclic amines) is 1. The van der Waals surface area contributed by atoms with Crippen molar-refractivity contribution < 1.29 is 19.0 Å². The van der Waals surface area contributed by atoms with Crippen molar-refractivity contribution >= 4 is 16.7 Å². The highest BCUT2D eigenvalue weighted by molar-refractivity contribution is 5.94. The lowest BCUT2D eigenvalue weighted by molar-refractivity contribution is 0.0697. The van der Waals surface area contributed by atoms with E-state index < -0.39 is 5.97 Å². The molecule has 0 bridgehead atoms. The van der Waals surface area contributed by atoms with E-state index in [-0.39, 0.29) is 5.82 Å². The Bertz CT molecular complexity index is 1050. The van der Waals surface area contributed by atoms with Crippen molar-refractivity contribution in [2.24, 2.45) is 0 Å². The van der Waals surface area contributed by atoms with Gasteiger partial charge in [0.2, 0.25) is 0 Å². The van der Waals surface area contributed by atoms with Crippen LogP contribution in [0.3, 0.4) is 0 Å². The molecule has 0 unspecified atom stereocenters. The van der Waals surface area contributed by atoms with Gasteiger partial charge in [-0.3, -0.25) is 0 Å². The summed E-state index contributed by atoms with van der Waals surface area (Å²) in [5, 5.41) is 14.0. The number of ether oxygens (including phenoxy) is 1. The van der Waals surface area contributed by atoms with Crippen molar-refractivity contribution in [3.8, 4) is 5.75 Å². The number of halogens is 1. The van der Waals surface area contributed by atoms with Gasteiger partial charge in [-0.15, -0.1) is 0 Å². The first kappa shape index (κ1) is 25.7. The highest BCUT2D eigenvalue weighted by Gasteiger charge is 2.09. The lowest BCUT2D eigenvalue weighted by Gasteiger charge is -2.26. The highest BCUT2D eigenvalue weighted by atomic mass is 19.1. The third kappa shape index (κ3) is 8.12. The fraction of sp³-hybridized carbons (Fsp3) is 0.393. The first-order chi connectivity index (χ1) is 16.6. The minimum absolute atomic E-state index is 0.131. The summed E-state index contributed by atoms with van der Waals surface area (Å²) in [5.74, 6) is -0.183. The van der Waals surface area contributed by atoms with Crippen LogP contribution in [-0.2, 0) is 6.54 Å². The zero-order chi connectivity index (χ0) is 24.2. The van der Waals surface area contributed by atoms with Crippen molar-refractivity contribution in [1.29, 1.82) is 0 Å². The molecule has 182 valence electrons. The molecule has 1 saturated heterocycles. The van der Waals surface area contributed by atoms with Crippen LogP contribution >= 0.6 is 0 Å². The molecule has 1 heterocycles. The molecule has 1 aliphatic rings. The van der Waals surface area contributed by atoms with Crippen molar-refractivity contribution in [2.45, 2.75) is 39.2 Å². The number of rotatable bonds is 9. The molecule has 3 aromatic carbocycles. The van der Waals surface area contributed by atoms with Crippen molar-refractivity contribution in [2.75, 3.05) is 32.8 Å². The van der Waals surface area contributed by atoms with Gasteiger partial charge in [0, 0.05) is 18.7 Å². The fourth-order valence-electron chi connectivity index (χ4n) is 4.01. The first-order valence-corrected chi connectivity index (χ1v) is 12.1. The minimum atomic E-state index is -0.898. The van der Waals surface area contributed by atoms with Gasteiger partial charge in [0.1, 0.15) is 11.6 Å². The molecule has 0 saturated carbocycles. The second-order valence-corrected chi connectivity index (χ2v) is 8.50. The summed E-state index contributed by atoms with van der Waals surface area (Å²) in [5.41, 5.74) is 1.04. The second-order valence-electron chi connectivity index (χ2n) is 8.50. The van der Waals surface area contributed by atoms with Gasteiger partial charge < -0.3 is 20.1 Å². The third-order valence-corrected chi connectivity index (χ3v) is 5.92. The summed E-state index contributed by atoms with van der Waals surface area (Å²) in [6, 6.07) is 17.8. The van der Waals surface area contributed by atoms with E-state index in [1.54, 1.807) is 24.3 Å². The van der Waals surface area contributed by atoms with Crippen LogP contribution in [0.4, 0.5) is 4.39 Å². The Morgan fingerprint density at radius 3 is 2.50 bits per heavy atom. The second kappa shape index (κ2) is 13.7. The van der Waals surface area contributed by atoms with Gasteiger partial charge in [-0.1, -0.05) is 43.7 Å². The molecule has 1 aliphatic heterocycles. The SMILES string of the molecule is CCNCc1ccccc1F.O=C(O)c1ccc2cc(OCCCN3CCCCC3)ccc2c1. The summed E-state index contributed by atoms with van der Waals surface area (Å²) in [7, 11) is 0. The number of nitrogens with zero attached hydrogens (tertiary/aromatic N) is 1. The van der Waals surface area contributed by atoms with E-state index in [1.165, 1.54) is 38.4 Å². The Hall–Kier alpha value is -2.96. The predicted octanol–water partition coefficient (Wildman–Crippen LogP) is 5.73. The maximum atomic E-state index is 12.9. The van der Waals surface area contributed by atoms with E-state index in [9.17, 15) is 9.18 Å². The number of fused-ring (bicyclic) bond motifs is 1. The highest BCUT2D eigenvalue weighted by Crippen LogP contribution is 2.22. The Labute approximate surface area is 201 Å². The molecule has 0 atom stereocenters. The lowest BCUT2D eigenvalue weighted by atomic mass is 10.1. The van der Waals surface area contributed by atoms with Crippen LogP contribution in [0.1, 0.15) is 48.5 Å². The zero-order valence-electron chi connectivity index (χ0n) is 19.9. The normalized spacial score (nSPS) is 13.8. The zero-order valence-corrected chi connectivity index (χ0v) is 19.9. The van der Waals surface area contributed by atoms with E-state index in [4.69, 9.17) is 9.84 Å². The molecular weight excluding hydrogens is 431 g/mol. The molecule has 1 fully saturated rings. The van der Waals surface area contributed by atoms with Gasteiger partial charge >= 0.3 is 5.97 Å². The van der Waals surface area contributed by atoms with Crippen molar-refractivity contribution in [3.63, 3.8) is 0 Å². The molecule has 5 nitrogen and oxygen atoms in total. The summed E-state index contributed by atoms with van der Waals surface area (Å²) >= 11 is 0. The molecule has 3 aromatic rings. The fourth-order valence-corrected chi connectivity index (χ4v) is 4.01. The molecule has 0 radical (unpaired) electrons. The molecule has 0 aromatic heterocycles. The molecule has 0 spiro atoms. The smallest absolute Gasteiger partial charge is 0.335 e. The Balaban J connectivity index is 0.000000248. The third-order valence-electron chi connectivity index (χ3n) is 5.92. The molecule has 2 N–H and O–H groups in total. The predicted molar refractivity (Wildman–Crippen MR) is 135 cm³/mol. The van der Waals surface area contributed by atoms with Crippen LogP contribution in [0.25, 0.3) is 10.8 Å². The number of hydrogen-bond acceptors (Lipinski definition) is 4. The van der Waals surface area contributed by atoms with Crippen LogP contribution in [-0.4, -0.2) is 48.8 Å². The monoisotopic (exact) mass is 466 g/mol. The van der Waals surface area contributed by atoms with Crippen LogP contribution in [0.15, 0.2) is 60.7 Å². The van der Waals surface area contributed by atoms with Crippen LogP contribution < -0.4 is 10.1 Å². The molecule has 34 heavy (non-hydrogen) atoms. The van der Waals surface area contributed by atoms with E-state index in [0.717, 1.165) is 48.2 Å². The van der Waals surface area contributed by atoms with Gasteiger partial charge in [-0.05, 0) is 80.0 Å². The number of nitrogens with one attached hydrogen (secondary N) is 1. The number of hydrogen-bond donors (Lipinski definition) is 2. The van der Waals surface area contributed by atoms with E-state index in [2.05, 4.69) is 10.2 Å². The number of carboxylic acids is 1. The number of benzene rings is 3. The minimum Gasteiger partial charge on any atom is -0.494 e. The summed E-state index contributed by atoms with van der Waals surface area (Å²) in [6.45, 7) is 7.76. The maximum Gasteiger partial charge on any atom is 0.335 e. The molecule has 0 amide bonds. The van der Waals surface area contributed by atoms with Crippen molar-refractivity contribution in [3.05, 3.63) is 77.6 Å². The van der Waals surface area contributed by atoms with Crippen LogP contribution in [0.2, 0.25) is 0 Å². The quantitative estimate of drug-likeness (QED) is 0.395. The number of carbonyl (C=O) groups is 1. The summed E-state index contributed by atoms with van der Waals surface area (Å²) in [6.07, 6.45) is 5.05. The van der Waals surface area contributed by atoms with Crippen molar-refractivity contribution in [1.82, 2.24) is 10.2 Å². The maximum absolute atomic E-state index is 12.9. The Kier molecular flexibility index (Phi) is 10.3. The number of aromatic carboxylic acids is 1. The van der Waals surface area contributed by atoms with E-state index in [0.29, 0.717) is 12.1 Å². The Morgan fingerprint density at radius 2 is 1.76 bits per heavy atom. The molecule has 0 aliphatic carbocycles. The Morgan fingerprint density at radius 1 is 1.03 bits per heavy atom. The summed E-state index contributed by atoms with van der Waals surface area (Å²) in [4.78, 5) is 13.5. The average Bonchev–Trinajstić information content (AvgIpc) is 2.87. The average molecular weight is 467 g/mol. The van der Waals surface area contributed by atoms with E-state index in [1.807, 2.05) is 37.3 Å². The largest absolute Gasteiger partial charge is 0.494 e. The van der Waals surface area contributed by atoms with Gasteiger partial charge in [-0.25, -0.2) is 9.18 Å². The first-order valence-electron chi connectivity index (χ1n) is 12.1. The van der Waals surface area contributed by atoms with Gasteiger partial charge in [0.15, 0.2) is 0 Å². The number of piperidine rings is 1. The standard InChI is InChI=1S/C19H23NO3.C9H12FN/c21-19(22)17-6-5-16-14-18(8-7-15(16)13-17)23-12-4-11-20-9-2-1-3-10-20;1-2-11-7-8-5-3-4-6-9(8)10/h5-8,13-14H,1-4,9-12H2,(H,21,22);3-6,11H,2,7H2,1H3. The van der Waals surface area contributed by atoms with Gasteiger partial charge in [0.25, 0.3) is 0 Å². The van der Waals surface area contributed by atoms with Gasteiger partial charge in [-0.2, -0.15) is 0 Å². The topological polar surface area (TPSA) is 61.8 Å². The summed E-state index contributed by atoms with van der Waals surface area (Å²) < 4.78 is 18.7. The van der Waals surface area contributed by atoms with Crippen LogP contribution in [0, 0.1) is 5.82 Å². The van der Waals surface area contributed by atoms with E-state index >= 15 is 0 Å². The lowest BCUT2D eigenvalue weighted by Crippen LogP contribution is -2.31. The van der Waals surface area contributed by atoms with Gasteiger partial charge in [0.05, 0.1) is 12.2 Å². The van der Waals surface area contributed by atoms with Crippen LogP contribution in [0.5, 0.6) is 5.75 Å².